The molecule has 1 saturated carbocycles. The molecule has 3 aliphatic rings. The van der Waals surface area contributed by atoms with E-state index in [-0.39, 0.29) is 11.8 Å². The van der Waals surface area contributed by atoms with E-state index in [1.807, 2.05) is 30.3 Å². The van der Waals surface area contributed by atoms with Crippen molar-refractivity contribution in [3.63, 3.8) is 0 Å². The van der Waals surface area contributed by atoms with E-state index in [1.54, 1.807) is 12.4 Å². The third-order valence-corrected chi connectivity index (χ3v) is 8.34. The first-order valence-corrected chi connectivity index (χ1v) is 12.8. The molecule has 6 nitrogen and oxygen atoms in total. The van der Waals surface area contributed by atoms with E-state index in [9.17, 15) is 18.3 Å². The monoisotopic (exact) mass is 526 g/mol. The van der Waals surface area contributed by atoms with Gasteiger partial charge in [0.15, 0.2) is 5.60 Å². The molecule has 38 heavy (non-hydrogen) atoms. The number of fused-ring (bicyclic) bond motifs is 3. The Labute approximate surface area is 219 Å². The second kappa shape index (κ2) is 9.25. The number of benzene rings is 2. The Bertz CT molecular complexity index is 1300. The van der Waals surface area contributed by atoms with Crippen LogP contribution in [0.2, 0.25) is 0 Å². The highest BCUT2D eigenvalue weighted by atomic mass is 19.4. The Morgan fingerprint density at radius 1 is 1.05 bits per heavy atom. The highest BCUT2D eigenvalue weighted by molar-refractivity contribution is 5.58. The van der Waals surface area contributed by atoms with Gasteiger partial charge in [-0.15, -0.1) is 0 Å². The third kappa shape index (κ3) is 3.71. The molecule has 3 aromatic rings. The van der Waals surface area contributed by atoms with Gasteiger partial charge in [-0.25, -0.2) is 0 Å². The summed E-state index contributed by atoms with van der Waals surface area (Å²) in [6, 6.07) is 14.7. The predicted molar refractivity (Wildman–Crippen MR) is 133 cm³/mol. The number of rotatable bonds is 5. The van der Waals surface area contributed by atoms with Crippen LogP contribution < -0.4 is 9.47 Å². The van der Waals surface area contributed by atoms with Crippen molar-refractivity contribution in [3.05, 3.63) is 89.2 Å². The minimum atomic E-state index is -4.48. The van der Waals surface area contributed by atoms with E-state index in [0.29, 0.717) is 48.8 Å². The van der Waals surface area contributed by atoms with Gasteiger partial charge in [-0.05, 0) is 29.7 Å². The quantitative estimate of drug-likeness (QED) is 0.519. The number of ether oxygens (including phenoxy) is 3. The molecule has 1 aliphatic carbocycles. The third-order valence-electron chi connectivity index (χ3n) is 8.34. The number of alkyl halides is 3. The van der Waals surface area contributed by atoms with Crippen molar-refractivity contribution < 1.29 is 32.5 Å². The number of aliphatic hydroxyl groups is 1. The Kier molecular flexibility index (Phi) is 6.13. The van der Waals surface area contributed by atoms with Crippen molar-refractivity contribution >= 4 is 0 Å². The van der Waals surface area contributed by atoms with Gasteiger partial charge in [-0.1, -0.05) is 42.5 Å². The molecule has 1 saturated heterocycles. The summed E-state index contributed by atoms with van der Waals surface area (Å²) < 4.78 is 58.4. The van der Waals surface area contributed by atoms with Gasteiger partial charge in [0, 0.05) is 31.5 Å². The maximum absolute atomic E-state index is 13.5. The summed E-state index contributed by atoms with van der Waals surface area (Å²) in [4.78, 5) is 6.52. The molecule has 0 bridgehead atoms. The van der Waals surface area contributed by atoms with E-state index in [1.165, 1.54) is 19.2 Å². The number of nitrogens with zero attached hydrogens (tertiary/aromatic N) is 2. The zero-order chi connectivity index (χ0) is 26.5. The maximum Gasteiger partial charge on any atom is 0.416 e. The summed E-state index contributed by atoms with van der Waals surface area (Å²) >= 11 is 0. The van der Waals surface area contributed by atoms with E-state index < -0.39 is 22.9 Å². The lowest BCUT2D eigenvalue weighted by atomic mass is 9.69. The van der Waals surface area contributed by atoms with Crippen molar-refractivity contribution in [1.29, 1.82) is 0 Å². The second-order valence-corrected chi connectivity index (χ2v) is 10.2. The molecule has 3 heterocycles. The zero-order valence-corrected chi connectivity index (χ0v) is 20.9. The molecule has 0 spiro atoms. The predicted octanol–water partition coefficient (Wildman–Crippen LogP) is 4.72. The molecule has 9 heteroatoms. The molecule has 0 unspecified atom stereocenters. The van der Waals surface area contributed by atoms with Gasteiger partial charge in [-0.3, -0.25) is 9.88 Å². The molecule has 0 amide bonds. The van der Waals surface area contributed by atoms with Gasteiger partial charge >= 0.3 is 6.18 Å². The van der Waals surface area contributed by atoms with Gasteiger partial charge < -0.3 is 19.3 Å². The van der Waals surface area contributed by atoms with Gasteiger partial charge in [0.1, 0.15) is 17.1 Å². The van der Waals surface area contributed by atoms with Crippen LogP contribution in [0.1, 0.15) is 34.6 Å². The van der Waals surface area contributed by atoms with Gasteiger partial charge in [0.05, 0.1) is 43.8 Å². The lowest BCUT2D eigenvalue weighted by molar-refractivity contribution is -0.138. The molecule has 200 valence electrons. The average molecular weight is 527 g/mol. The Morgan fingerprint density at radius 3 is 2.42 bits per heavy atom. The van der Waals surface area contributed by atoms with Crippen molar-refractivity contribution in [2.45, 2.75) is 29.7 Å². The largest absolute Gasteiger partial charge is 0.495 e. The molecule has 6 rings (SSSR count). The van der Waals surface area contributed by atoms with Crippen LogP contribution in [0.5, 0.6) is 11.5 Å². The molecule has 2 aliphatic heterocycles. The number of halogens is 3. The number of hydrogen-bond donors (Lipinski definition) is 1. The van der Waals surface area contributed by atoms with Crippen molar-refractivity contribution in [3.8, 4) is 11.5 Å². The zero-order valence-electron chi connectivity index (χ0n) is 20.9. The first-order valence-electron chi connectivity index (χ1n) is 12.8. The Balaban J connectivity index is 1.57. The smallest absolute Gasteiger partial charge is 0.416 e. The van der Waals surface area contributed by atoms with Crippen LogP contribution in [0.4, 0.5) is 13.2 Å². The summed E-state index contributed by atoms with van der Waals surface area (Å²) in [7, 11) is 1.51. The van der Waals surface area contributed by atoms with E-state index in [4.69, 9.17) is 14.2 Å². The normalized spacial score (nSPS) is 29.0. The lowest BCUT2D eigenvalue weighted by Crippen LogP contribution is -2.53. The second-order valence-electron chi connectivity index (χ2n) is 10.2. The number of morpholine rings is 1. The fourth-order valence-electron chi connectivity index (χ4n) is 6.68. The van der Waals surface area contributed by atoms with Crippen LogP contribution in [0, 0.1) is 5.92 Å². The van der Waals surface area contributed by atoms with Crippen LogP contribution in [-0.4, -0.2) is 54.9 Å². The first kappa shape index (κ1) is 25.2. The van der Waals surface area contributed by atoms with Crippen LogP contribution in [-0.2, 0) is 22.1 Å². The van der Waals surface area contributed by atoms with Gasteiger partial charge in [-0.2, -0.15) is 13.2 Å². The van der Waals surface area contributed by atoms with Gasteiger partial charge in [0.25, 0.3) is 0 Å². The van der Waals surface area contributed by atoms with Crippen LogP contribution in [0.3, 0.4) is 0 Å². The molecule has 2 fully saturated rings. The van der Waals surface area contributed by atoms with Crippen molar-refractivity contribution in [2.24, 2.45) is 5.92 Å². The fourth-order valence-corrected chi connectivity index (χ4v) is 6.68. The number of methoxy groups -OCH3 is 1. The minimum Gasteiger partial charge on any atom is -0.495 e. The number of hydrogen-bond acceptors (Lipinski definition) is 6. The van der Waals surface area contributed by atoms with Crippen LogP contribution >= 0.6 is 0 Å². The summed E-state index contributed by atoms with van der Waals surface area (Å²) in [5.41, 5.74) is -1.84. The van der Waals surface area contributed by atoms with Crippen molar-refractivity contribution in [2.75, 3.05) is 40.0 Å². The van der Waals surface area contributed by atoms with E-state index in [0.717, 1.165) is 30.8 Å². The van der Waals surface area contributed by atoms with Crippen LogP contribution in [0.15, 0.2) is 67.0 Å². The summed E-state index contributed by atoms with van der Waals surface area (Å²) in [5.74, 6) is 0.0954. The van der Waals surface area contributed by atoms with E-state index in [2.05, 4.69) is 9.88 Å². The van der Waals surface area contributed by atoms with Crippen molar-refractivity contribution in [1.82, 2.24) is 9.88 Å². The highest BCUT2D eigenvalue weighted by Crippen LogP contribution is 2.70. The highest BCUT2D eigenvalue weighted by Gasteiger charge is 2.73. The maximum atomic E-state index is 13.5. The molecule has 1 N–H and O–H groups in total. The Hall–Kier alpha value is -3.14. The summed E-state index contributed by atoms with van der Waals surface area (Å²) in [6.45, 7) is 3.25. The first-order chi connectivity index (χ1) is 18.3. The molecule has 1 aromatic heterocycles. The topological polar surface area (TPSA) is 64.1 Å². The SMILES string of the molecule is COc1cncc2c1[C@]1(O)[C@@H](CN3CCOCC3)C[C@@H](c3ccccc3)[C@]1(c1ccc(C(F)(F)F)cc1)O2. The molecule has 2 aromatic carbocycles. The molecule has 4 atom stereocenters. The minimum absolute atomic E-state index is 0.314. The van der Waals surface area contributed by atoms with E-state index >= 15 is 0 Å². The Morgan fingerprint density at radius 2 is 1.76 bits per heavy atom. The molecular formula is C29H29F3N2O4. The number of aromatic nitrogens is 1. The number of pyridine rings is 1. The standard InChI is InChI=1S/C29H29F3N2O4/c1-36-24-16-33-17-25-26(24)27(35)22(18-34-11-13-37-14-12-34)15-23(19-5-3-2-4-6-19)28(27,38-25)20-7-9-21(10-8-20)29(30,31)32/h2-10,16-17,22-23,35H,11-15,18H2,1H3/t22-,23+,27-,28+/m1/s1. The fraction of sp³-hybridized carbons (Fsp3) is 0.414. The van der Waals surface area contributed by atoms with Gasteiger partial charge in [0.2, 0.25) is 0 Å². The summed E-state index contributed by atoms with van der Waals surface area (Å²) in [5, 5.41) is 13.0. The lowest BCUT2D eigenvalue weighted by Gasteiger charge is -2.43. The average Bonchev–Trinajstić information content (AvgIpc) is 3.35. The molecule has 0 radical (unpaired) electrons. The van der Waals surface area contributed by atoms with Crippen LogP contribution in [0.25, 0.3) is 0 Å². The molecular weight excluding hydrogens is 497 g/mol. The summed E-state index contributed by atoms with van der Waals surface area (Å²) in [6.07, 6.45) is -0.825.